The molecule has 0 fully saturated rings. The van der Waals surface area contributed by atoms with Crippen molar-refractivity contribution in [2.24, 2.45) is 0 Å². The molecule has 7 nitrogen and oxygen atoms in total. The van der Waals surface area contributed by atoms with Gasteiger partial charge in [0.2, 0.25) is 0 Å². The Hall–Kier alpha value is -2.70. The summed E-state index contributed by atoms with van der Waals surface area (Å²) in [5.74, 6) is -1.32. The summed E-state index contributed by atoms with van der Waals surface area (Å²) in [5.41, 5.74) is 2.76. The van der Waals surface area contributed by atoms with Crippen molar-refractivity contribution in [1.82, 2.24) is 19.9 Å². The molecule has 2 aromatic heterocycles. The highest BCUT2D eigenvalue weighted by atomic mass is 16.4. The smallest absolute Gasteiger partial charge is 0.326 e. The van der Waals surface area contributed by atoms with Crippen LogP contribution in [0, 0.1) is 0 Å². The molecule has 22 heavy (non-hydrogen) atoms. The van der Waals surface area contributed by atoms with Gasteiger partial charge in [-0.1, -0.05) is 6.92 Å². The Bertz CT molecular complexity index is 725. The summed E-state index contributed by atoms with van der Waals surface area (Å²) in [6, 6.07) is 2.42. The molecular formula is C15H16N4O3. The summed E-state index contributed by atoms with van der Waals surface area (Å²) >= 11 is 0. The number of carboxylic acids is 1. The summed E-state index contributed by atoms with van der Waals surface area (Å²) in [4.78, 5) is 36.8. The van der Waals surface area contributed by atoms with Crippen LogP contribution in [0.3, 0.4) is 0 Å². The number of hydrogen-bond donors (Lipinski definition) is 2. The van der Waals surface area contributed by atoms with Gasteiger partial charge in [-0.25, -0.2) is 9.78 Å². The monoisotopic (exact) mass is 300 g/mol. The molecule has 1 unspecified atom stereocenters. The van der Waals surface area contributed by atoms with Gasteiger partial charge in [0.05, 0.1) is 24.3 Å². The third kappa shape index (κ3) is 2.45. The SMILES string of the molecule is CCc1cc(C(=O)N2Cc3[nH]cnc3CC2C(=O)O)ccn1. The van der Waals surface area contributed by atoms with Gasteiger partial charge in [-0.15, -0.1) is 0 Å². The fourth-order valence-corrected chi connectivity index (χ4v) is 2.64. The van der Waals surface area contributed by atoms with E-state index in [4.69, 9.17) is 0 Å². The molecule has 0 radical (unpaired) electrons. The van der Waals surface area contributed by atoms with Gasteiger partial charge in [-0.05, 0) is 18.6 Å². The average molecular weight is 300 g/mol. The minimum Gasteiger partial charge on any atom is -0.480 e. The van der Waals surface area contributed by atoms with Crippen molar-refractivity contribution in [3.63, 3.8) is 0 Å². The zero-order valence-electron chi connectivity index (χ0n) is 12.1. The number of carboxylic acid groups (broad SMARTS) is 1. The van der Waals surface area contributed by atoms with E-state index < -0.39 is 12.0 Å². The van der Waals surface area contributed by atoms with Crippen molar-refractivity contribution in [2.75, 3.05) is 0 Å². The van der Waals surface area contributed by atoms with Gasteiger partial charge in [0.1, 0.15) is 6.04 Å². The van der Waals surface area contributed by atoms with Gasteiger partial charge in [-0.2, -0.15) is 0 Å². The number of pyridine rings is 1. The molecular weight excluding hydrogens is 284 g/mol. The number of fused-ring (bicyclic) bond motifs is 1. The van der Waals surface area contributed by atoms with Gasteiger partial charge < -0.3 is 15.0 Å². The Balaban J connectivity index is 1.94. The van der Waals surface area contributed by atoms with Crippen LogP contribution in [-0.2, 0) is 24.2 Å². The molecule has 2 N–H and O–H groups in total. The second-order valence-corrected chi connectivity index (χ2v) is 5.21. The topological polar surface area (TPSA) is 99.2 Å². The summed E-state index contributed by atoms with van der Waals surface area (Å²) in [6.45, 7) is 2.17. The first-order valence-electron chi connectivity index (χ1n) is 7.10. The van der Waals surface area contributed by atoms with Gasteiger partial charge in [0.15, 0.2) is 0 Å². The third-order valence-corrected chi connectivity index (χ3v) is 3.87. The lowest BCUT2D eigenvalue weighted by Crippen LogP contribution is -2.48. The van der Waals surface area contributed by atoms with Gasteiger partial charge >= 0.3 is 5.97 Å². The minimum atomic E-state index is -1.02. The molecule has 0 saturated heterocycles. The molecule has 1 amide bonds. The number of nitrogens with zero attached hydrogens (tertiary/aromatic N) is 3. The van der Waals surface area contributed by atoms with Crippen LogP contribution in [0.2, 0.25) is 0 Å². The van der Waals surface area contributed by atoms with Crippen molar-refractivity contribution >= 4 is 11.9 Å². The molecule has 114 valence electrons. The number of aromatic nitrogens is 3. The van der Waals surface area contributed by atoms with Crippen molar-refractivity contribution in [3.05, 3.63) is 47.3 Å². The second-order valence-electron chi connectivity index (χ2n) is 5.21. The van der Waals surface area contributed by atoms with E-state index in [-0.39, 0.29) is 18.9 Å². The van der Waals surface area contributed by atoms with Crippen LogP contribution < -0.4 is 0 Å². The number of aliphatic carboxylic acids is 1. The molecule has 0 spiro atoms. The maximum atomic E-state index is 12.7. The Morgan fingerprint density at radius 1 is 1.45 bits per heavy atom. The van der Waals surface area contributed by atoms with Crippen molar-refractivity contribution < 1.29 is 14.7 Å². The van der Waals surface area contributed by atoms with Gasteiger partial charge in [0, 0.05) is 23.9 Å². The van der Waals surface area contributed by atoms with E-state index in [1.807, 2.05) is 6.92 Å². The lowest BCUT2D eigenvalue weighted by atomic mass is 10.0. The molecule has 3 heterocycles. The summed E-state index contributed by atoms with van der Waals surface area (Å²) in [5, 5.41) is 9.42. The zero-order chi connectivity index (χ0) is 15.7. The number of nitrogens with one attached hydrogen (secondary N) is 1. The number of carbonyl (C=O) groups is 2. The number of carbonyl (C=O) groups excluding carboxylic acids is 1. The normalized spacial score (nSPS) is 17.1. The number of aryl methyl sites for hydroxylation is 1. The predicted octanol–water partition coefficient (Wildman–Crippen LogP) is 1.02. The van der Waals surface area contributed by atoms with Crippen molar-refractivity contribution in [2.45, 2.75) is 32.4 Å². The van der Waals surface area contributed by atoms with E-state index in [9.17, 15) is 14.7 Å². The maximum absolute atomic E-state index is 12.7. The molecule has 1 aliphatic heterocycles. The largest absolute Gasteiger partial charge is 0.480 e. The average Bonchev–Trinajstić information content (AvgIpc) is 3.00. The maximum Gasteiger partial charge on any atom is 0.326 e. The predicted molar refractivity (Wildman–Crippen MR) is 77.2 cm³/mol. The van der Waals surface area contributed by atoms with E-state index in [0.29, 0.717) is 17.7 Å². The fraction of sp³-hybridized carbons (Fsp3) is 0.333. The van der Waals surface area contributed by atoms with Crippen LogP contribution in [0.4, 0.5) is 0 Å². The lowest BCUT2D eigenvalue weighted by Gasteiger charge is -2.32. The first kappa shape index (κ1) is 14.2. The van der Waals surface area contributed by atoms with Gasteiger partial charge in [0.25, 0.3) is 5.91 Å². The Kier molecular flexibility index (Phi) is 3.62. The zero-order valence-corrected chi connectivity index (χ0v) is 12.1. The van der Waals surface area contributed by atoms with Crippen LogP contribution >= 0.6 is 0 Å². The first-order chi connectivity index (χ1) is 10.6. The number of imidazole rings is 1. The Labute approximate surface area is 127 Å². The van der Waals surface area contributed by atoms with Crippen LogP contribution in [0.25, 0.3) is 0 Å². The number of rotatable bonds is 3. The van der Waals surface area contributed by atoms with E-state index in [2.05, 4.69) is 15.0 Å². The van der Waals surface area contributed by atoms with Crippen LogP contribution in [-0.4, -0.2) is 42.9 Å². The third-order valence-electron chi connectivity index (χ3n) is 3.87. The highest BCUT2D eigenvalue weighted by Crippen LogP contribution is 2.23. The van der Waals surface area contributed by atoms with E-state index in [0.717, 1.165) is 11.4 Å². The summed E-state index contributed by atoms with van der Waals surface area (Å²) in [7, 11) is 0. The molecule has 3 rings (SSSR count). The highest BCUT2D eigenvalue weighted by Gasteiger charge is 2.36. The number of amides is 1. The van der Waals surface area contributed by atoms with Crippen LogP contribution in [0.1, 0.15) is 34.4 Å². The van der Waals surface area contributed by atoms with E-state index in [1.54, 1.807) is 18.3 Å². The Morgan fingerprint density at radius 3 is 3.00 bits per heavy atom. The minimum absolute atomic E-state index is 0.214. The summed E-state index contributed by atoms with van der Waals surface area (Å²) < 4.78 is 0. The fourth-order valence-electron chi connectivity index (χ4n) is 2.64. The van der Waals surface area contributed by atoms with E-state index >= 15 is 0 Å². The van der Waals surface area contributed by atoms with Crippen LogP contribution in [0.5, 0.6) is 0 Å². The van der Waals surface area contributed by atoms with Crippen molar-refractivity contribution in [3.8, 4) is 0 Å². The van der Waals surface area contributed by atoms with Crippen molar-refractivity contribution in [1.29, 1.82) is 0 Å². The molecule has 0 aliphatic carbocycles. The standard InChI is InChI=1S/C15H16N4O3/c1-2-10-5-9(3-4-16-10)14(20)19-7-12-11(17-8-18-12)6-13(19)15(21)22/h3-5,8,13H,2,6-7H2,1H3,(H,17,18)(H,21,22). The lowest BCUT2D eigenvalue weighted by molar-refractivity contribution is -0.142. The quantitative estimate of drug-likeness (QED) is 0.881. The number of aromatic amines is 1. The molecule has 1 aliphatic rings. The molecule has 1 atom stereocenters. The second kappa shape index (κ2) is 5.59. The number of hydrogen-bond acceptors (Lipinski definition) is 4. The van der Waals surface area contributed by atoms with E-state index in [1.165, 1.54) is 11.2 Å². The molecule has 7 heteroatoms. The van der Waals surface area contributed by atoms with Crippen LogP contribution in [0.15, 0.2) is 24.7 Å². The summed E-state index contributed by atoms with van der Waals surface area (Å²) in [6.07, 6.45) is 4.03. The molecule has 0 aromatic carbocycles. The number of H-pyrrole nitrogens is 1. The molecule has 2 aromatic rings. The van der Waals surface area contributed by atoms with Gasteiger partial charge in [-0.3, -0.25) is 9.78 Å². The Morgan fingerprint density at radius 2 is 2.27 bits per heavy atom. The highest BCUT2D eigenvalue weighted by molar-refractivity contribution is 5.96. The molecule has 0 saturated carbocycles. The molecule has 0 bridgehead atoms. The first-order valence-corrected chi connectivity index (χ1v) is 7.10.